The fourth-order valence-corrected chi connectivity index (χ4v) is 3.56. The number of carboxylic acids is 1. The molecular weight excluding hydrogens is 403 g/mol. The molecule has 2 aromatic carbocycles. The van der Waals surface area contributed by atoms with E-state index >= 15 is 0 Å². The standard InChI is InChI=1S/C20H16Cl2N2O4/c1-11-27-17(28-11)10-14-18(20(25)26)23-24(16-5-3-2-4-15(16)22)19(14)12-6-8-13(21)9-7-12/h2-9,11,17H,10H2,1H3,(H,25,26). The summed E-state index contributed by atoms with van der Waals surface area (Å²) in [5.41, 5.74) is 2.37. The predicted octanol–water partition coefficient (Wildman–Crippen LogP) is 4.81. The number of hydrogen-bond donors (Lipinski definition) is 1. The van der Waals surface area contributed by atoms with Gasteiger partial charge in [-0.3, -0.25) is 0 Å². The normalized spacial score (nSPS) is 18.7. The third-order valence-electron chi connectivity index (χ3n) is 4.44. The number of para-hydroxylation sites is 1. The number of hydrogen-bond acceptors (Lipinski definition) is 4. The zero-order valence-corrected chi connectivity index (χ0v) is 16.3. The Hall–Kier alpha value is -2.38. The van der Waals surface area contributed by atoms with Crippen LogP contribution in [0.25, 0.3) is 16.9 Å². The highest BCUT2D eigenvalue weighted by molar-refractivity contribution is 6.32. The molecule has 1 fully saturated rings. The van der Waals surface area contributed by atoms with Crippen molar-refractivity contribution < 1.29 is 19.4 Å². The van der Waals surface area contributed by atoms with Crippen molar-refractivity contribution in [2.24, 2.45) is 0 Å². The zero-order valence-electron chi connectivity index (χ0n) is 14.8. The van der Waals surface area contributed by atoms with E-state index in [0.29, 0.717) is 27.0 Å². The second kappa shape index (κ2) is 7.56. The molecule has 28 heavy (non-hydrogen) atoms. The fourth-order valence-electron chi connectivity index (χ4n) is 3.22. The van der Waals surface area contributed by atoms with Gasteiger partial charge in [0.15, 0.2) is 18.3 Å². The molecule has 4 rings (SSSR count). The van der Waals surface area contributed by atoms with E-state index in [2.05, 4.69) is 5.10 Å². The van der Waals surface area contributed by atoms with Crippen molar-refractivity contribution >= 4 is 29.2 Å². The van der Waals surface area contributed by atoms with Gasteiger partial charge in [0.25, 0.3) is 0 Å². The maximum Gasteiger partial charge on any atom is 0.356 e. The summed E-state index contributed by atoms with van der Waals surface area (Å²) in [4.78, 5) is 11.9. The molecule has 3 aromatic rings. The Kier molecular flexibility index (Phi) is 5.12. The Bertz CT molecular complexity index is 1030. The number of rotatable bonds is 5. The van der Waals surface area contributed by atoms with E-state index in [0.717, 1.165) is 5.56 Å². The number of benzene rings is 2. The summed E-state index contributed by atoms with van der Waals surface area (Å²) in [5.74, 6) is -1.14. The molecule has 1 aliphatic heterocycles. The SMILES string of the molecule is CC1OC(Cc2c(C(=O)O)nn(-c3ccccc3Cl)c2-c2ccc(Cl)cc2)O1. The van der Waals surface area contributed by atoms with Crippen LogP contribution in [0.15, 0.2) is 48.5 Å². The smallest absolute Gasteiger partial charge is 0.356 e. The maximum absolute atomic E-state index is 11.9. The van der Waals surface area contributed by atoms with E-state index in [1.165, 1.54) is 0 Å². The largest absolute Gasteiger partial charge is 0.476 e. The lowest BCUT2D eigenvalue weighted by Gasteiger charge is -2.33. The Morgan fingerprint density at radius 1 is 1.14 bits per heavy atom. The summed E-state index contributed by atoms with van der Waals surface area (Å²) in [6.07, 6.45) is -0.590. The molecule has 0 radical (unpaired) electrons. The van der Waals surface area contributed by atoms with Gasteiger partial charge < -0.3 is 14.6 Å². The van der Waals surface area contributed by atoms with Gasteiger partial charge in [-0.15, -0.1) is 0 Å². The van der Waals surface area contributed by atoms with Gasteiger partial charge in [0.05, 0.1) is 16.4 Å². The molecule has 1 N–H and O–H groups in total. The number of carbonyl (C=O) groups is 1. The molecule has 1 aliphatic rings. The van der Waals surface area contributed by atoms with Crippen molar-refractivity contribution in [3.63, 3.8) is 0 Å². The van der Waals surface area contributed by atoms with Gasteiger partial charge in [-0.05, 0) is 31.2 Å². The van der Waals surface area contributed by atoms with E-state index in [4.69, 9.17) is 32.7 Å². The summed E-state index contributed by atoms with van der Waals surface area (Å²) in [6, 6.07) is 14.2. The van der Waals surface area contributed by atoms with E-state index in [1.54, 1.807) is 41.9 Å². The van der Waals surface area contributed by atoms with E-state index < -0.39 is 12.3 Å². The molecule has 2 heterocycles. The van der Waals surface area contributed by atoms with Gasteiger partial charge in [0, 0.05) is 22.6 Å². The van der Waals surface area contributed by atoms with Crippen molar-refractivity contribution in [3.8, 4) is 16.9 Å². The summed E-state index contributed by atoms with van der Waals surface area (Å²) in [7, 11) is 0. The Morgan fingerprint density at radius 2 is 1.82 bits per heavy atom. The first-order valence-electron chi connectivity index (χ1n) is 8.61. The van der Waals surface area contributed by atoms with Crippen LogP contribution >= 0.6 is 23.2 Å². The first-order chi connectivity index (χ1) is 13.4. The van der Waals surface area contributed by atoms with E-state index in [1.807, 2.05) is 18.2 Å². The van der Waals surface area contributed by atoms with Gasteiger partial charge in [-0.2, -0.15) is 5.10 Å². The number of nitrogens with zero attached hydrogens (tertiary/aromatic N) is 2. The predicted molar refractivity (Wildman–Crippen MR) is 105 cm³/mol. The minimum Gasteiger partial charge on any atom is -0.476 e. The topological polar surface area (TPSA) is 73.6 Å². The van der Waals surface area contributed by atoms with Crippen molar-refractivity contribution in [3.05, 3.63) is 69.8 Å². The second-order valence-corrected chi connectivity index (χ2v) is 7.17. The highest BCUT2D eigenvalue weighted by Crippen LogP contribution is 2.35. The third kappa shape index (κ3) is 3.52. The van der Waals surface area contributed by atoms with Crippen molar-refractivity contribution in [2.45, 2.75) is 25.9 Å². The Balaban J connectivity index is 1.93. The van der Waals surface area contributed by atoms with Crippen molar-refractivity contribution in [1.82, 2.24) is 9.78 Å². The van der Waals surface area contributed by atoms with Crippen LogP contribution in [0.4, 0.5) is 0 Å². The third-order valence-corrected chi connectivity index (χ3v) is 5.01. The highest BCUT2D eigenvalue weighted by Gasteiger charge is 2.33. The molecule has 0 spiro atoms. The monoisotopic (exact) mass is 418 g/mol. The molecule has 8 heteroatoms. The van der Waals surface area contributed by atoms with Crippen LogP contribution in [0, 0.1) is 0 Å². The van der Waals surface area contributed by atoms with Crippen LogP contribution < -0.4 is 0 Å². The van der Waals surface area contributed by atoms with Gasteiger partial charge in [0.1, 0.15) is 0 Å². The quantitative estimate of drug-likeness (QED) is 0.643. The lowest BCUT2D eigenvalue weighted by molar-refractivity contribution is -0.374. The molecule has 0 atom stereocenters. The van der Waals surface area contributed by atoms with Crippen molar-refractivity contribution in [2.75, 3.05) is 0 Å². The summed E-state index contributed by atoms with van der Waals surface area (Å²) in [5, 5.41) is 15.1. The van der Waals surface area contributed by atoms with Crippen LogP contribution in [0.1, 0.15) is 23.0 Å². The number of aromatic nitrogens is 2. The lowest BCUT2D eigenvalue weighted by atomic mass is 10.0. The maximum atomic E-state index is 11.9. The number of halogens is 2. The Labute approximate surface area is 171 Å². The molecule has 0 aliphatic carbocycles. The lowest BCUT2D eigenvalue weighted by Crippen LogP contribution is -2.40. The molecule has 1 saturated heterocycles. The summed E-state index contributed by atoms with van der Waals surface area (Å²) in [6.45, 7) is 1.78. The molecule has 0 amide bonds. The average Bonchev–Trinajstić information content (AvgIpc) is 3.01. The van der Waals surface area contributed by atoms with Crippen LogP contribution in [0.2, 0.25) is 10.0 Å². The zero-order chi connectivity index (χ0) is 19.8. The number of aromatic carboxylic acids is 1. The number of carboxylic acid groups (broad SMARTS) is 1. The molecule has 1 aromatic heterocycles. The average molecular weight is 419 g/mol. The first-order valence-corrected chi connectivity index (χ1v) is 9.36. The molecule has 144 valence electrons. The second-order valence-electron chi connectivity index (χ2n) is 6.32. The van der Waals surface area contributed by atoms with Crippen LogP contribution in [-0.2, 0) is 15.9 Å². The molecular formula is C20H16Cl2N2O4. The summed E-state index contributed by atoms with van der Waals surface area (Å²) < 4.78 is 12.6. The number of ether oxygens (including phenoxy) is 2. The molecule has 6 nitrogen and oxygen atoms in total. The van der Waals surface area contributed by atoms with Crippen molar-refractivity contribution in [1.29, 1.82) is 0 Å². The van der Waals surface area contributed by atoms with Gasteiger partial charge in [-0.1, -0.05) is 47.5 Å². The molecule has 0 saturated carbocycles. The van der Waals surface area contributed by atoms with Gasteiger partial charge in [-0.25, -0.2) is 9.48 Å². The van der Waals surface area contributed by atoms with E-state index in [9.17, 15) is 9.90 Å². The van der Waals surface area contributed by atoms with Gasteiger partial charge >= 0.3 is 5.97 Å². The van der Waals surface area contributed by atoms with Crippen LogP contribution in [0.3, 0.4) is 0 Å². The highest BCUT2D eigenvalue weighted by atomic mass is 35.5. The molecule has 0 unspecified atom stereocenters. The fraction of sp³-hybridized carbons (Fsp3) is 0.200. The van der Waals surface area contributed by atoms with Gasteiger partial charge in [0.2, 0.25) is 0 Å². The van der Waals surface area contributed by atoms with Crippen LogP contribution in [-0.4, -0.2) is 33.4 Å². The molecule has 0 bridgehead atoms. The van der Waals surface area contributed by atoms with Crippen LogP contribution in [0.5, 0.6) is 0 Å². The summed E-state index contributed by atoms with van der Waals surface area (Å²) >= 11 is 12.4. The van der Waals surface area contributed by atoms with E-state index in [-0.39, 0.29) is 18.4 Å². The minimum absolute atomic E-state index is 0.0726. The first kappa shape index (κ1) is 19.0. The Morgan fingerprint density at radius 3 is 2.43 bits per heavy atom. The minimum atomic E-state index is -1.14.